The summed E-state index contributed by atoms with van der Waals surface area (Å²) in [7, 11) is 3.16. The number of ether oxygens (including phenoxy) is 2. The van der Waals surface area contributed by atoms with Crippen LogP contribution >= 0.6 is 0 Å². The molecule has 0 aliphatic carbocycles. The number of hydrogen-bond donors (Lipinski definition) is 1. The van der Waals surface area contributed by atoms with Crippen LogP contribution in [0.15, 0.2) is 30.3 Å². The zero-order valence-corrected chi connectivity index (χ0v) is 12.2. The van der Waals surface area contributed by atoms with Gasteiger partial charge in [0.05, 0.1) is 19.9 Å². The topological polar surface area (TPSA) is 51.6 Å². The maximum Gasteiger partial charge on any atom is 0.213 e. The van der Waals surface area contributed by atoms with Gasteiger partial charge in [-0.3, -0.25) is 0 Å². The SMILES string of the molecule is COc1cccc(C(O)c2ccc(C)c(C)c2OC)n1. The number of hydrogen-bond acceptors (Lipinski definition) is 4. The minimum atomic E-state index is -0.848. The zero-order valence-electron chi connectivity index (χ0n) is 12.2. The summed E-state index contributed by atoms with van der Waals surface area (Å²) in [5.74, 6) is 1.17. The Bertz CT molecular complexity index is 611. The lowest BCUT2D eigenvalue weighted by Gasteiger charge is -2.18. The normalized spacial score (nSPS) is 12.1. The quantitative estimate of drug-likeness (QED) is 0.930. The Morgan fingerprint density at radius 2 is 1.80 bits per heavy atom. The van der Waals surface area contributed by atoms with Crippen LogP contribution in [0.25, 0.3) is 0 Å². The average Bonchev–Trinajstić information content (AvgIpc) is 2.49. The average molecular weight is 273 g/mol. The van der Waals surface area contributed by atoms with Gasteiger partial charge in [0.25, 0.3) is 0 Å². The lowest BCUT2D eigenvalue weighted by Crippen LogP contribution is -2.06. The predicted molar refractivity (Wildman–Crippen MR) is 77.3 cm³/mol. The number of pyridine rings is 1. The summed E-state index contributed by atoms with van der Waals surface area (Å²) in [6, 6.07) is 9.15. The molecule has 0 saturated carbocycles. The van der Waals surface area contributed by atoms with Gasteiger partial charge in [-0.25, -0.2) is 4.98 Å². The van der Waals surface area contributed by atoms with Crippen LogP contribution in [0.4, 0.5) is 0 Å². The second kappa shape index (κ2) is 5.92. The summed E-state index contributed by atoms with van der Waals surface area (Å²) in [6.45, 7) is 3.99. The fraction of sp³-hybridized carbons (Fsp3) is 0.312. The number of nitrogens with zero attached hydrogens (tertiary/aromatic N) is 1. The summed E-state index contributed by atoms with van der Waals surface area (Å²) in [5.41, 5.74) is 3.38. The van der Waals surface area contributed by atoms with Crippen molar-refractivity contribution in [2.24, 2.45) is 0 Å². The monoisotopic (exact) mass is 273 g/mol. The van der Waals surface area contributed by atoms with Gasteiger partial charge in [-0.2, -0.15) is 0 Å². The van der Waals surface area contributed by atoms with E-state index in [1.165, 1.54) is 0 Å². The first kappa shape index (κ1) is 14.3. The molecule has 0 saturated heterocycles. The highest BCUT2D eigenvalue weighted by atomic mass is 16.5. The molecule has 0 aliphatic heterocycles. The van der Waals surface area contributed by atoms with E-state index in [1.54, 1.807) is 32.4 Å². The molecule has 0 radical (unpaired) electrons. The summed E-state index contributed by atoms with van der Waals surface area (Å²) >= 11 is 0. The molecular formula is C16H19NO3. The van der Waals surface area contributed by atoms with Gasteiger partial charge in [-0.05, 0) is 31.0 Å². The minimum Gasteiger partial charge on any atom is -0.496 e. The first-order valence-corrected chi connectivity index (χ1v) is 6.41. The first-order chi connectivity index (χ1) is 9.58. The number of aliphatic hydroxyl groups excluding tert-OH is 1. The van der Waals surface area contributed by atoms with E-state index in [0.717, 1.165) is 11.1 Å². The largest absolute Gasteiger partial charge is 0.496 e. The fourth-order valence-electron chi connectivity index (χ4n) is 2.15. The van der Waals surface area contributed by atoms with Crippen LogP contribution in [0.3, 0.4) is 0 Å². The minimum absolute atomic E-state index is 0.476. The molecule has 2 aromatic rings. The highest BCUT2D eigenvalue weighted by molar-refractivity contribution is 5.48. The molecule has 0 aliphatic rings. The second-order valence-electron chi connectivity index (χ2n) is 4.64. The number of aromatic nitrogens is 1. The van der Waals surface area contributed by atoms with E-state index in [1.807, 2.05) is 26.0 Å². The lowest BCUT2D eigenvalue weighted by atomic mass is 9.99. The predicted octanol–water partition coefficient (Wildman–Crippen LogP) is 2.80. The summed E-state index contributed by atoms with van der Waals surface area (Å²) < 4.78 is 10.5. The molecule has 4 nitrogen and oxygen atoms in total. The molecule has 4 heteroatoms. The van der Waals surface area contributed by atoms with Crippen LogP contribution in [0, 0.1) is 13.8 Å². The van der Waals surface area contributed by atoms with E-state index in [2.05, 4.69) is 4.98 Å². The molecule has 1 aromatic carbocycles. The fourth-order valence-corrected chi connectivity index (χ4v) is 2.15. The maximum absolute atomic E-state index is 10.5. The second-order valence-corrected chi connectivity index (χ2v) is 4.64. The van der Waals surface area contributed by atoms with Crippen LogP contribution in [0.1, 0.15) is 28.5 Å². The molecule has 1 heterocycles. The standard InChI is InChI=1S/C16H19NO3/c1-10-8-9-12(16(20-4)11(10)2)15(18)13-6-5-7-14(17-13)19-3/h5-9,15,18H,1-4H3. The van der Waals surface area contributed by atoms with Crippen molar-refractivity contribution in [2.75, 3.05) is 14.2 Å². The van der Waals surface area contributed by atoms with E-state index in [-0.39, 0.29) is 0 Å². The number of methoxy groups -OCH3 is 2. The van der Waals surface area contributed by atoms with Crippen molar-refractivity contribution in [3.63, 3.8) is 0 Å². The van der Waals surface area contributed by atoms with E-state index >= 15 is 0 Å². The molecule has 0 bridgehead atoms. The van der Waals surface area contributed by atoms with Gasteiger partial charge in [-0.1, -0.05) is 18.2 Å². The van der Waals surface area contributed by atoms with Gasteiger partial charge < -0.3 is 14.6 Å². The molecule has 20 heavy (non-hydrogen) atoms. The summed E-state index contributed by atoms with van der Waals surface area (Å²) in [5, 5.41) is 10.5. The molecule has 1 unspecified atom stereocenters. The molecule has 106 valence electrons. The zero-order chi connectivity index (χ0) is 14.7. The third kappa shape index (κ3) is 2.60. The van der Waals surface area contributed by atoms with Crippen LogP contribution in [-0.2, 0) is 0 Å². The maximum atomic E-state index is 10.5. The van der Waals surface area contributed by atoms with E-state index in [4.69, 9.17) is 9.47 Å². The van der Waals surface area contributed by atoms with Crippen molar-refractivity contribution in [3.05, 3.63) is 52.7 Å². The van der Waals surface area contributed by atoms with Crippen molar-refractivity contribution in [3.8, 4) is 11.6 Å². The van der Waals surface area contributed by atoms with E-state index < -0.39 is 6.10 Å². The molecule has 0 spiro atoms. The third-order valence-corrected chi connectivity index (χ3v) is 3.44. The summed E-state index contributed by atoms with van der Waals surface area (Å²) in [4.78, 5) is 4.27. The van der Waals surface area contributed by atoms with Crippen LogP contribution < -0.4 is 9.47 Å². The Labute approximate surface area is 119 Å². The smallest absolute Gasteiger partial charge is 0.213 e. The van der Waals surface area contributed by atoms with Gasteiger partial charge in [0.1, 0.15) is 11.9 Å². The number of benzene rings is 1. The molecule has 1 N–H and O–H groups in total. The van der Waals surface area contributed by atoms with Gasteiger partial charge in [-0.15, -0.1) is 0 Å². The van der Waals surface area contributed by atoms with Crippen LogP contribution in [0.5, 0.6) is 11.6 Å². The molecule has 2 rings (SSSR count). The van der Waals surface area contributed by atoms with Crippen molar-refractivity contribution in [2.45, 2.75) is 20.0 Å². The van der Waals surface area contributed by atoms with Crippen molar-refractivity contribution in [1.82, 2.24) is 4.98 Å². The van der Waals surface area contributed by atoms with Gasteiger partial charge >= 0.3 is 0 Å². The van der Waals surface area contributed by atoms with Crippen molar-refractivity contribution >= 4 is 0 Å². The Morgan fingerprint density at radius 3 is 2.45 bits per heavy atom. The van der Waals surface area contributed by atoms with Crippen molar-refractivity contribution < 1.29 is 14.6 Å². The van der Waals surface area contributed by atoms with Gasteiger partial charge in [0, 0.05) is 11.6 Å². The molecule has 1 atom stereocenters. The summed E-state index contributed by atoms with van der Waals surface area (Å²) in [6.07, 6.45) is -0.848. The number of aryl methyl sites for hydroxylation is 1. The van der Waals surface area contributed by atoms with Gasteiger partial charge in [0.2, 0.25) is 5.88 Å². The Kier molecular flexibility index (Phi) is 4.25. The third-order valence-electron chi connectivity index (χ3n) is 3.44. The lowest BCUT2D eigenvalue weighted by molar-refractivity contribution is 0.208. The molecule has 0 amide bonds. The first-order valence-electron chi connectivity index (χ1n) is 6.41. The van der Waals surface area contributed by atoms with Crippen LogP contribution in [-0.4, -0.2) is 24.3 Å². The highest BCUT2D eigenvalue weighted by Gasteiger charge is 2.19. The molecular weight excluding hydrogens is 254 g/mol. The Balaban J connectivity index is 2.47. The molecule has 1 aromatic heterocycles. The Morgan fingerprint density at radius 1 is 1.05 bits per heavy atom. The van der Waals surface area contributed by atoms with Crippen LogP contribution in [0.2, 0.25) is 0 Å². The van der Waals surface area contributed by atoms with E-state index in [0.29, 0.717) is 22.9 Å². The van der Waals surface area contributed by atoms with Gasteiger partial charge in [0.15, 0.2) is 0 Å². The number of aliphatic hydroxyl groups is 1. The highest BCUT2D eigenvalue weighted by Crippen LogP contribution is 2.33. The molecule has 0 fully saturated rings. The van der Waals surface area contributed by atoms with E-state index in [9.17, 15) is 5.11 Å². The number of rotatable bonds is 4. The Hall–Kier alpha value is -2.07. The van der Waals surface area contributed by atoms with Crippen molar-refractivity contribution in [1.29, 1.82) is 0 Å².